The highest BCUT2D eigenvalue weighted by molar-refractivity contribution is 6.04. The van der Waals surface area contributed by atoms with Crippen LogP contribution in [0, 0.1) is 6.92 Å². The van der Waals surface area contributed by atoms with Crippen LogP contribution in [0.25, 0.3) is 22.2 Å². The van der Waals surface area contributed by atoms with Crippen molar-refractivity contribution in [3.8, 4) is 11.3 Å². The lowest BCUT2D eigenvalue weighted by molar-refractivity contribution is -0.119. The van der Waals surface area contributed by atoms with Gasteiger partial charge in [0.15, 0.2) is 6.61 Å². The molecule has 1 amide bonds. The zero-order chi connectivity index (χ0) is 21.1. The summed E-state index contributed by atoms with van der Waals surface area (Å²) in [5.41, 5.74) is 2.69. The van der Waals surface area contributed by atoms with Crippen molar-refractivity contribution in [2.24, 2.45) is 0 Å². The minimum atomic E-state index is -0.773. The molecule has 0 fully saturated rings. The Labute approximate surface area is 170 Å². The second kappa shape index (κ2) is 8.04. The molecule has 0 unspecified atom stereocenters. The summed E-state index contributed by atoms with van der Waals surface area (Å²) in [6.45, 7) is 1.44. The number of fused-ring (bicyclic) bond motifs is 1. The van der Waals surface area contributed by atoms with Crippen LogP contribution in [0.5, 0.6) is 0 Å². The summed E-state index contributed by atoms with van der Waals surface area (Å²) in [7, 11) is 0. The summed E-state index contributed by atoms with van der Waals surface area (Å²) >= 11 is 0. The molecule has 2 aromatic heterocycles. The highest BCUT2D eigenvalue weighted by Gasteiger charge is 2.16. The lowest BCUT2D eigenvalue weighted by atomic mass is 10.1. The molecule has 0 radical (unpaired) electrons. The summed E-state index contributed by atoms with van der Waals surface area (Å²) in [6.07, 6.45) is 0. The van der Waals surface area contributed by atoms with Crippen molar-refractivity contribution in [2.75, 3.05) is 11.9 Å². The maximum Gasteiger partial charge on any atom is 0.339 e. The van der Waals surface area contributed by atoms with Crippen molar-refractivity contribution in [1.29, 1.82) is 0 Å². The first-order valence-corrected chi connectivity index (χ1v) is 9.12. The Bertz CT molecular complexity index is 1290. The molecular formula is C22H17N3O5. The average Bonchev–Trinajstić information content (AvgIpc) is 3.20. The van der Waals surface area contributed by atoms with Crippen molar-refractivity contribution >= 4 is 28.7 Å². The number of esters is 1. The molecule has 0 aliphatic rings. The second-order valence-corrected chi connectivity index (χ2v) is 6.66. The van der Waals surface area contributed by atoms with Gasteiger partial charge in [0.25, 0.3) is 5.91 Å². The predicted molar refractivity (Wildman–Crippen MR) is 110 cm³/mol. The van der Waals surface area contributed by atoms with Crippen LogP contribution in [0.4, 0.5) is 5.88 Å². The quantitative estimate of drug-likeness (QED) is 0.494. The number of carbonyl (C=O) groups is 2. The highest BCUT2D eigenvalue weighted by atomic mass is 16.5. The van der Waals surface area contributed by atoms with E-state index in [1.54, 1.807) is 30.3 Å². The standard InChI is InChI=1S/C22H17N3O5/c1-13-6-8-14(9-7-13)18-11-21(30-25-18)24-20(27)12-29-22(28)16-10-19(26)23-17-5-3-2-4-15(16)17/h2-11H,12H2,1H3,(H,23,26)(H,24,27). The molecule has 0 saturated carbocycles. The van der Waals surface area contributed by atoms with E-state index in [1.807, 2.05) is 31.2 Å². The third kappa shape index (κ3) is 4.12. The van der Waals surface area contributed by atoms with Gasteiger partial charge in [0, 0.05) is 28.6 Å². The van der Waals surface area contributed by atoms with Crippen LogP contribution < -0.4 is 10.9 Å². The molecule has 0 aliphatic carbocycles. The number of aryl methyl sites for hydroxylation is 1. The van der Waals surface area contributed by atoms with Gasteiger partial charge in [0.2, 0.25) is 11.4 Å². The van der Waals surface area contributed by atoms with E-state index >= 15 is 0 Å². The third-order valence-electron chi connectivity index (χ3n) is 4.42. The number of nitrogens with one attached hydrogen (secondary N) is 2. The van der Waals surface area contributed by atoms with E-state index in [9.17, 15) is 14.4 Å². The maximum atomic E-state index is 12.4. The molecule has 2 heterocycles. The molecule has 4 rings (SSSR count). The van der Waals surface area contributed by atoms with Gasteiger partial charge in [-0.1, -0.05) is 53.2 Å². The van der Waals surface area contributed by atoms with Gasteiger partial charge in [0.1, 0.15) is 5.69 Å². The minimum Gasteiger partial charge on any atom is -0.452 e. The number of carbonyl (C=O) groups excluding carboxylic acids is 2. The van der Waals surface area contributed by atoms with Gasteiger partial charge in [-0.2, -0.15) is 0 Å². The number of aromatic nitrogens is 2. The Balaban J connectivity index is 1.40. The van der Waals surface area contributed by atoms with Crippen molar-refractivity contribution in [1.82, 2.24) is 10.1 Å². The van der Waals surface area contributed by atoms with Crippen molar-refractivity contribution in [3.05, 3.63) is 82.1 Å². The van der Waals surface area contributed by atoms with E-state index in [4.69, 9.17) is 9.26 Å². The van der Waals surface area contributed by atoms with Crippen LogP contribution in [-0.4, -0.2) is 28.6 Å². The number of anilines is 1. The maximum absolute atomic E-state index is 12.4. The zero-order valence-corrected chi connectivity index (χ0v) is 16.0. The van der Waals surface area contributed by atoms with Gasteiger partial charge in [-0.15, -0.1) is 0 Å². The van der Waals surface area contributed by atoms with Gasteiger partial charge in [-0.3, -0.25) is 14.9 Å². The van der Waals surface area contributed by atoms with Crippen LogP contribution in [0.15, 0.2) is 70.0 Å². The largest absolute Gasteiger partial charge is 0.452 e. The van der Waals surface area contributed by atoms with Crippen molar-refractivity contribution in [3.63, 3.8) is 0 Å². The molecule has 0 aliphatic heterocycles. The number of amides is 1. The summed E-state index contributed by atoms with van der Waals surface area (Å²) in [5.74, 6) is -1.23. The third-order valence-corrected chi connectivity index (χ3v) is 4.42. The molecule has 0 spiro atoms. The number of H-pyrrole nitrogens is 1. The van der Waals surface area contributed by atoms with Gasteiger partial charge in [-0.05, 0) is 13.0 Å². The first-order chi connectivity index (χ1) is 14.5. The SMILES string of the molecule is Cc1ccc(-c2cc(NC(=O)COC(=O)c3cc(=O)[nH]c4ccccc34)on2)cc1. The molecule has 0 saturated heterocycles. The van der Waals surface area contributed by atoms with Crippen molar-refractivity contribution < 1.29 is 18.8 Å². The normalized spacial score (nSPS) is 10.7. The van der Waals surface area contributed by atoms with E-state index in [0.717, 1.165) is 17.2 Å². The lowest BCUT2D eigenvalue weighted by Crippen LogP contribution is -2.21. The number of aromatic amines is 1. The molecule has 8 nitrogen and oxygen atoms in total. The number of nitrogens with zero attached hydrogens (tertiary/aromatic N) is 1. The lowest BCUT2D eigenvalue weighted by Gasteiger charge is -2.07. The fourth-order valence-corrected chi connectivity index (χ4v) is 2.95. The summed E-state index contributed by atoms with van der Waals surface area (Å²) in [5, 5.41) is 6.93. The monoisotopic (exact) mass is 403 g/mol. The first kappa shape index (κ1) is 19.1. The average molecular weight is 403 g/mol. The van der Waals surface area contributed by atoms with Gasteiger partial charge in [-0.25, -0.2) is 4.79 Å². The number of rotatable bonds is 5. The summed E-state index contributed by atoms with van der Waals surface area (Å²) in [4.78, 5) is 38.9. The fraction of sp³-hybridized carbons (Fsp3) is 0.0909. The molecule has 2 aromatic carbocycles. The smallest absolute Gasteiger partial charge is 0.339 e. The van der Waals surface area contributed by atoms with Gasteiger partial charge >= 0.3 is 5.97 Å². The number of hydrogen-bond acceptors (Lipinski definition) is 6. The van der Waals surface area contributed by atoms with Crippen LogP contribution in [0.2, 0.25) is 0 Å². The Morgan fingerprint density at radius 3 is 2.67 bits per heavy atom. The zero-order valence-electron chi connectivity index (χ0n) is 16.0. The molecule has 150 valence electrons. The predicted octanol–water partition coefficient (Wildman–Crippen LogP) is 3.29. The molecule has 8 heteroatoms. The van der Waals surface area contributed by atoms with Crippen LogP contribution in [-0.2, 0) is 9.53 Å². The molecule has 2 N–H and O–H groups in total. The summed E-state index contributed by atoms with van der Waals surface area (Å²) < 4.78 is 10.2. The van der Waals surface area contributed by atoms with Crippen molar-refractivity contribution in [2.45, 2.75) is 6.92 Å². The Hall–Kier alpha value is -4.20. The van der Waals surface area contributed by atoms with Gasteiger partial charge in [0.05, 0.1) is 5.56 Å². The number of pyridine rings is 1. The van der Waals surface area contributed by atoms with Crippen LogP contribution >= 0.6 is 0 Å². The Morgan fingerprint density at radius 1 is 1.10 bits per heavy atom. The fourth-order valence-electron chi connectivity index (χ4n) is 2.95. The van der Waals surface area contributed by atoms with E-state index in [-0.39, 0.29) is 11.4 Å². The highest BCUT2D eigenvalue weighted by Crippen LogP contribution is 2.22. The topological polar surface area (TPSA) is 114 Å². The molecular weight excluding hydrogens is 386 g/mol. The Morgan fingerprint density at radius 2 is 1.87 bits per heavy atom. The van der Waals surface area contributed by atoms with E-state index in [2.05, 4.69) is 15.5 Å². The molecule has 30 heavy (non-hydrogen) atoms. The van der Waals surface area contributed by atoms with Gasteiger partial charge < -0.3 is 14.2 Å². The van der Waals surface area contributed by atoms with Crippen LogP contribution in [0.3, 0.4) is 0 Å². The number of benzene rings is 2. The molecule has 0 bridgehead atoms. The van der Waals surface area contributed by atoms with E-state index < -0.39 is 24.0 Å². The molecule has 4 aromatic rings. The van der Waals surface area contributed by atoms with E-state index in [0.29, 0.717) is 16.6 Å². The first-order valence-electron chi connectivity index (χ1n) is 9.12. The minimum absolute atomic E-state index is 0.0865. The number of hydrogen-bond donors (Lipinski definition) is 2. The Kier molecular flexibility index (Phi) is 5.13. The molecule has 0 atom stereocenters. The number of para-hydroxylation sites is 1. The van der Waals surface area contributed by atoms with Crippen LogP contribution in [0.1, 0.15) is 15.9 Å². The number of ether oxygens (including phenoxy) is 1. The van der Waals surface area contributed by atoms with E-state index in [1.165, 1.54) is 0 Å². The summed E-state index contributed by atoms with van der Waals surface area (Å²) in [6, 6.07) is 17.2. The second-order valence-electron chi connectivity index (χ2n) is 6.66.